The Hall–Kier alpha value is -2.31. The molecule has 2 rings (SSSR count). The van der Waals surface area contributed by atoms with Crippen LogP contribution in [0.3, 0.4) is 0 Å². The number of nitrogens with one attached hydrogen (secondary N) is 2. The normalized spacial score (nSPS) is 15.6. The Morgan fingerprint density at radius 2 is 1.84 bits per heavy atom. The van der Waals surface area contributed by atoms with E-state index in [1.165, 1.54) is 25.7 Å². The molecule has 1 aromatic rings. The molecule has 1 unspecified atom stereocenters. The second-order valence-corrected chi connectivity index (χ2v) is 6.37. The fraction of sp³-hybridized carbons (Fsp3) is 0.500. The van der Waals surface area contributed by atoms with Gasteiger partial charge >= 0.3 is 6.03 Å². The number of nitrogens with zero attached hydrogens (tertiary/aromatic N) is 1. The third-order valence-electron chi connectivity index (χ3n) is 4.43. The lowest BCUT2D eigenvalue weighted by Gasteiger charge is -2.17. The molecule has 0 aromatic heterocycles. The molecular formula is C18H23F2N3O2. The number of urea groups is 1. The molecule has 1 aliphatic rings. The van der Waals surface area contributed by atoms with Gasteiger partial charge in [-0.1, -0.05) is 25.7 Å². The van der Waals surface area contributed by atoms with Gasteiger partial charge in [-0.15, -0.1) is 0 Å². The molecule has 2 N–H and O–H groups in total. The van der Waals surface area contributed by atoms with Gasteiger partial charge in [0.05, 0.1) is 0 Å². The van der Waals surface area contributed by atoms with Crippen LogP contribution in [-0.4, -0.2) is 31.2 Å². The van der Waals surface area contributed by atoms with Crippen molar-refractivity contribution in [3.63, 3.8) is 0 Å². The lowest BCUT2D eigenvalue weighted by atomic mass is 10.0. The van der Waals surface area contributed by atoms with Crippen LogP contribution in [0.15, 0.2) is 23.2 Å². The molecule has 0 saturated heterocycles. The molecule has 0 heterocycles. The van der Waals surface area contributed by atoms with E-state index in [4.69, 9.17) is 0 Å². The highest BCUT2D eigenvalue weighted by molar-refractivity contribution is 5.89. The molecule has 0 radical (unpaired) electrons. The summed E-state index contributed by atoms with van der Waals surface area (Å²) in [5.74, 6) is -1.50. The van der Waals surface area contributed by atoms with Crippen molar-refractivity contribution in [1.82, 2.24) is 10.6 Å². The zero-order chi connectivity index (χ0) is 18.2. The molecular weight excluding hydrogens is 328 g/mol. The summed E-state index contributed by atoms with van der Waals surface area (Å²) < 4.78 is 26.6. The average molecular weight is 351 g/mol. The van der Waals surface area contributed by atoms with Gasteiger partial charge in [-0.3, -0.25) is 4.79 Å². The highest BCUT2D eigenvalue weighted by atomic mass is 19.1. The number of hydrogen-bond donors (Lipinski definition) is 2. The summed E-state index contributed by atoms with van der Waals surface area (Å²) in [5, 5.41) is 5.22. The Balaban J connectivity index is 1.88. The molecule has 1 atom stereocenters. The third kappa shape index (κ3) is 6.25. The van der Waals surface area contributed by atoms with Crippen LogP contribution in [0.25, 0.3) is 0 Å². The van der Waals surface area contributed by atoms with Gasteiger partial charge in [-0.2, -0.15) is 0 Å². The molecule has 7 heteroatoms. The summed E-state index contributed by atoms with van der Waals surface area (Å²) >= 11 is 0. The molecule has 3 amide bonds. The predicted molar refractivity (Wildman–Crippen MR) is 91.5 cm³/mol. The minimum atomic E-state index is -1.02. The summed E-state index contributed by atoms with van der Waals surface area (Å²) in [7, 11) is 0. The largest absolute Gasteiger partial charge is 0.338 e. The molecule has 25 heavy (non-hydrogen) atoms. The minimum Gasteiger partial charge on any atom is -0.338 e. The number of aliphatic imine (C=N–C) groups is 1. The summed E-state index contributed by atoms with van der Waals surface area (Å²) in [4.78, 5) is 27.1. The average Bonchev–Trinajstić information content (AvgIpc) is 3.06. The van der Waals surface area contributed by atoms with Gasteiger partial charge in [0.2, 0.25) is 0 Å². The van der Waals surface area contributed by atoms with Crippen molar-refractivity contribution in [3.05, 3.63) is 35.4 Å². The van der Waals surface area contributed by atoms with E-state index in [1.54, 1.807) is 0 Å². The number of hydrogen-bond acceptors (Lipinski definition) is 2. The minimum absolute atomic E-state index is 0.0669. The summed E-state index contributed by atoms with van der Waals surface area (Å²) in [6.45, 7) is 3.68. The van der Waals surface area contributed by atoms with E-state index in [2.05, 4.69) is 22.3 Å². The van der Waals surface area contributed by atoms with E-state index in [1.807, 2.05) is 0 Å². The molecule has 0 bridgehead atoms. The molecule has 5 nitrogen and oxygen atoms in total. The Bertz CT molecular complexity index is 610. The first kappa shape index (κ1) is 19.0. The predicted octanol–water partition coefficient (Wildman–Crippen LogP) is 2.98. The van der Waals surface area contributed by atoms with E-state index in [9.17, 15) is 18.4 Å². The molecule has 1 saturated carbocycles. The quantitative estimate of drug-likeness (QED) is 0.742. The fourth-order valence-electron chi connectivity index (χ4n) is 3.17. The first-order chi connectivity index (χ1) is 12.0. The van der Waals surface area contributed by atoms with Gasteiger partial charge in [-0.05, 0) is 36.8 Å². The number of amides is 3. The van der Waals surface area contributed by atoms with Crippen LogP contribution in [0.2, 0.25) is 0 Å². The van der Waals surface area contributed by atoms with Crippen molar-refractivity contribution >= 4 is 18.7 Å². The monoisotopic (exact) mass is 351 g/mol. The van der Waals surface area contributed by atoms with Gasteiger partial charge in [0.1, 0.15) is 17.7 Å². The van der Waals surface area contributed by atoms with E-state index in [0.29, 0.717) is 12.5 Å². The summed E-state index contributed by atoms with van der Waals surface area (Å²) in [6, 6.07) is 1.45. The van der Waals surface area contributed by atoms with E-state index < -0.39 is 29.6 Å². The van der Waals surface area contributed by atoms with Gasteiger partial charge < -0.3 is 10.6 Å². The second-order valence-electron chi connectivity index (χ2n) is 6.37. The second kappa shape index (κ2) is 9.25. The van der Waals surface area contributed by atoms with Crippen LogP contribution in [0, 0.1) is 17.6 Å². The lowest BCUT2D eigenvalue weighted by Crippen LogP contribution is -2.47. The number of halogens is 2. The number of rotatable bonds is 7. The maximum atomic E-state index is 13.3. The van der Waals surface area contributed by atoms with Crippen molar-refractivity contribution in [2.75, 3.05) is 6.54 Å². The molecule has 1 aromatic carbocycles. The third-order valence-corrected chi connectivity index (χ3v) is 4.43. The first-order valence-electron chi connectivity index (χ1n) is 8.48. The standard InChI is InChI=1S/C18H23F2N3O2/c1-21-17(24)16(10-13-8-14(19)11-15(20)9-13)23-18(25)22-7-6-12-4-2-3-5-12/h8-9,11-12,16H,1-7,10H2,(H2,22,23,25). The maximum absolute atomic E-state index is 13.3. The Morgan fingerprint density at radius 1 is 1.20 bits per heavy atom. The van der Waals surface area contributed by atoms with Gasteiger partial charge in [0.25, 0.3) is 5.91 Å². The maximum Gasteiger partial charge on any atom is 0.315 e. The van der Waals surface area contributed by atoms with Crippen LogP contribution in [0.4, 0.5) is 13.6 Å². The molecule has 136 valence electrons. The van der Waals surface area contributed by atoms with Gasteiger partial charge in [0.15, 0.2) is 0 Å². The number of carbonyl (C=O) groups is 2. The van der Waals surface area contributed by atoms with Crippen molar-refractivity contribution in [2.24, 2.45) is 10.9 Å². The topological polar surface area (TPSA) is 70.6 Å². The highest BCUT2D eigenvalue weighted by Gasteiger charge is 2.21. The van der Waals surface area contributed by atoms with Crippen LogP contribution in [-0.2, 0) is 11.2 Å². The van der Waals surface area contributed by atoms with E-state index in [-0.39, 0.29) is 12.0 Å². The fourth-order valence-corrected chi connectivity index (χ4v) is 3.17. The molecule has 1 aliphatic carbocycles. The Labute approximate surface area is 145 Å². The lowest BCUT2D eigenvalue weighted by molar-refractivity contribution is -0.119. The van der Waals surface area contributed by atoms with Crippen molar-refractivity contribution in [3.8, 4) is 0 Å². The van der Waals surface area contributed by atoms with Crippen molar-refractivity contribution in [1.29, 1.82) is 0 Å². The summed E-state index contributed by atoms with van der Waals surface area (Å²) in [6.07, 6.45) is 5.70. The smallest absolute Gasteiger partial charge is 0.315 e. The van der Waals surface area contributed by atoms with Crippen LogP contribution >= 0.6 is 0 Å². The number of benzene rings is 1. The zero-order valence-electron chi connectivity index (χ0n) is 14.1. The van der Waals surface area contributed by atoms with Gasteiger partial charge in [0, 0.05) is 19.0 Å². The van der Waals surface area contributed by atoms with E-state index in [0.717, 1.165) is 24.6 Å². The van der Waals surface area contributed by atoms with Crippen LogP contribution < -0.4 is 10.6 Å². The molecule has 0 spiro atoms. The molecule has 1 fully saturated rings. The highest BCUT2D eigenvalue weighted by Crippen LogP contribution is 2.26. The first-order valence-corrected chi connectivity index (χ1v) is 8.48. The van der Waals surface area contributed by atoms with Crippen LogP contribution in [0.1, 0.15) is 37.7 Å². The Kier molecular flexibility index (Phi) is 7.03. The van der Waals surface area contributed by atoms with Crippen LogP contribution in [0.5, 0.6) is 0 Å². The van der Waals surface area contributed by atoms with E-state index >= 15 is 0 Å². The SMILES string of the molecule is C=NC(=O)C(Cc1cc(F)cc(F)c1)NC(=O)NCCC1CCCC1. The zero-order valence-corrected chi connectivity index (χ0v) is 14.1. The Morgan fingerprint density at radius 3 is 2.44 bits per heavy atom. The summed E-state index contributed by atoms with van der Waals surface area (Å²) in [5.41, 5.74) is 0.255. The van der Waals surface area contributed by atoms with Crippen molar-refractivity contribution in [2.45, 2.75) is 44.6 Å². The molecule has 0 aliphatic heterocycles. The van der Waals surface area contributed by atoms with Crippen molar-refractivity contribution < 1.29 is 18.4 Å². The number of carbonyl (C=O) groups excluding carboxylic acids is 2. The van der Waals surface area contributed by atoms with Gasteiger partial charge in [-0.25, -0.2) is 18.6 Å².